The first-order valence-corrected chi connectivity index (χ1v) is 17.3. The fourth-order valence-corrected chi connectivity index (χ4v) is 7.12. The molecule has 0 radical (unpaired) electrons. The van der Waals surface area contributed by atoms with Gasteiger partial charge in [-0.1, -0.05) is 49.4 Å². The Labute approximate surface area is 281 Å². The van der Waals surface area contributed by atoms with Crippen molar-refractivity contribution in [3.8, 4) is 0 Å². The summed E-state index contributed by atoms with van der Waals surface area (Å²) in [4.78, 5) is 40.7. The Bertz CT molecular complexity index is 2080. The molecule has 7 nitrogen and oxygen atoms in total. The maximum atomic E-state index is 13.5. The van der Waals surface area contributed by atoms with Crippen LogP contribution in [0.4, 0.5) is 11.4 Å². The van der Waals surface area contributed by atoms with Gasteiger partial charge in [-0.25, -0.2) is 0 Å². The molecular weight excluding hydrogens is 625 g/mol. The molecule has 2 aromatic heterocycles. The topological polar surface area (TPSA) is 92.2 Å². The minimum Gasteiger partial charge on any atom is -0.341 e. The predicted octanol–water partition coefficient (Wildman–Crippen LogP) is 8.79. The quantitative estimate of drug-likeness (QED) is 0.0959. The zero-order valence-corrected chi connectivity index (χ0v) is 27.7. The Kier molecular flexibility index (Phi) is 9.85. The van der Waals surface area contributed by atoms with Crippen LogP contribution in [-0.4, -0.2) is 27.5 Å². The second kappa shape index (κ2) is 14.5. The van der Waals surface area contributed by atoms with Gasteiger partial charge in [0, 0.05) is 50.2 Å². The van der Waals surface area contributed by atoms with Gasteiger partial charge < -0.3 is 20.5 Å². The highest BCUT2D eigenvalue weighted by Gasteiger charge is 2.20. The lowest BCUT2D eigenvalue weighted by atomic mass is 10.1. The van der Waals surface area contributed by atoms with Gasteiger partial charge in [0.25, 0.3) is 11.8 Å². The molecule has 0 spiro atoms. The second-order valence-electron chi connectivity index (χ2n) is 10.9. The van der Waals surface area contributed by atoms with Gasteiger partial charge in [-0.15, -0.1) is 11.8 Å². The van der Waals surface area contributed by atoms with E-state index in [-0.39, 0.29) is 22.8 Å². The van der Waals surface area contributed by atoms with Crippen LogP contribution >= 0.6 is 23.1 Å². The summed E-state index contributed by atoms with van der Waals surface area (Å²) in [5.41, 5.74) is 5.01. The molecule has 0 saturated heterocycles. The van der Waals surface area contributed by atoms with Crippen LogP contribution in [0.25, 0.3) is 27.9 Å². The summed E-state index contributed by atoms with van der Waals surface area (Å²) < 4.78 is 2.28. The first kappa shape index (κ1) is 31.8. The van der Waals surface area contributed by atoms with Crippen LogP contribution in [0.2, 0.25) is 0 Å². The molecule has 3 amide bonds. The molecule has 47 heavy (non-hydrogen) atoms. The SMILES string of the molecule is CCC(Sc1cccc(NC(=O)/C(=C/c2ccsc2)NC(=O)c2ccccc2)c1)C(=O)Nc1ccc2c(c1)c1ccccc1n2CC. The Morgan fingerprint density at radius 2 is 1.57 bits per heavy atom. The molecule has 6 rings (SSSR count). The van der Waals surface area contributed by atoms with E-state index >= 15 is 0 Å². The van der Waals surface area contributed by atoms with Crippen molar-refractivity contribution in [1.82, 2.24) is 9.88 Å². The van der Waals surface area contributed by atoms with E-state index in [1.165, 1.54) is 28.6 Å². The number of hydrogen-bond donors (Lipinski definition) is 3. The third-order valence-corrected chi connectivity index (χ3v) is 9.83. The summed E-state index contributed by atoms with van der Waals surface area (Å²) in [6.45, 7) is 4.98. The number of thioether (sulfide) groups is 1. The monoisotopic (exact) mass is 658 g/mol. The van der Waals surface area contributed by atoms with E-state index in [0.717, 1.165) is 39.0 Å². The molecule has 0 bridgehead atoms. The molecule has 4 aromatic carbocycles. The third-order valence-electron chi connectivity index (χ3n) is 7.77. The van der Waals surface area contributed by atoms with Gasteiger partial charge >= 0.3 is 0 Å². The Morgan fingerprint density at radius 1 is 0.809 bits per heavy atom. The number of nitrogens with zero attached hydrogens (tertiary/aromatic N) is 1. The lowest BCUT2D eigenvalue weighted by Crippen LogP contribution is -2.30. The van der Waals surface area contributed by atoms with E-state index in [9.17, 15) is 14.4 Å². The number of thiophene rings is 1. The van der Waals surface area contributed by atoms with Crippen LogP contribution in [0.1, 0.15) is 36.2 Å². The fraction of sp³-hybridized carbons (Fsp3) is 0.132. The molecule has 0 fully saturated rings. The molecule has 3 N–H and O–H groups in total. The van der Waals surface area contributed by atoms with Crippen LogP contribution in [0.5, 0.6) is 0 Å². The highest BCUT2D eigenvalue weighted by atomic mass is 32.2. The van der Waals surface area contributed by atoms with Crippen molar-refractivity contribution in [3.05, 3.63) is 131 Å². The number of anilines is 2. The maximum Gasteiger partial charge on any atom is 0.272 e. The predicted molar refractivity (Wildman–Crippen MR) is 195 cm³/mol. The normalized spacial score (nSPS) is 12.2. The average molecular weight is 659 g/mol. The van der Waals surface area contributed by atoms with E-state index in [4.69, 9.17) is 0 Å². The number of aryl methyl sites for hydroxylation is 1. The van der Waals surface area contributed by atoms with E-state index in [0.29, 0.717) is 17.7 Å². The highest BCUT2D eigenvalue weighted by molar-refractivity contribution is 8.00. The molecule has 6 aromatic rings. The summed E-state index contributed by atoms with van der Waals surface area (Å²) in [7, 11) is 0. The lowest BCUT2D eigenvalue weighted by molar-refractivity contribution is -0.116. The van der Waals surface area contributed by atoms with Gasteiger partial charge in [0.15, 0.2) is 0 Å². The minimum atomic E-state index is -0.452. The van der Waals surface area contributed by atoms with Crippen LogP contribution in [0.15, 0.2) is 124 Å². The lowest BCUT2D eigenvalue weighted by Gasteiger charge is -2.16. The van der Waals surface area contributed by atoms with E-state index in [1.54, 1.807) is 36.4 Å². The zero-order valence-electron chi connectivity index (χ0n) is 26.0. The number of benzene rings is 4. The van der Waals surface area contributed by atoms with Crippen LogP contribution < -0.4 is 16.0 Å². The Morgan fingerprint density at radius 3 is 2.34 bits per heavy atom. The largest absolute Gasteiger partial charge is 0.341 e. The van der Waals surface area contributed by atoms with Crippen molar-refractivity contribution in [2.45, 2.75) is 37.0 Å². The summed E-state index contributed by atoms with van der Waals surface area (Å²) in [5.74, 6) is -0.916. The smallest absolute Gasteiger partial charge is 0.272 e. The first-order valence-electron chi connectivity index (χ1n) is 15.4. The van der Waals surface area contributed by atoms with Crippen molar-refractivity contribution < 1.29 is 14.4 Å². The van der Waals surface area contributed by atoms with Crippen LogP contribution in [-0.2, 0) is 16.1 Å². The minimum absolute atomic E-state index is 0.0878. The molecule has 1 unspecified atom stereocenters. The molecule has 0 aliphatic rings. The first-order chi connectivity index (χ1) is 22.9. The van der Waals surface area contributed by atoms with Gasteiger partial charge in [0.05, 0.1) is 5.25 Å². The molecule has 0 aliphatic carbocycles. The van der Waals surface area contributed by atoms with Crippen molar-refractivity contribution in [1.29, 1.82) is 0 Å². The van der Waals surface area contributed by atoms with Gasteiger partial charge in [-0.05, 0) is 96.4 Å². The number of rotatable bonds is 11. The second-order valence-corrected chi connectivity index (χ2v) is 13.0. The number of carbonyl (C=O) groups excluding carboxylic acids is 3. The summed E-state index contributed by atoms with van der Waals surface area (Å²) in [6.07, 6.45) is 2.27. The molecule has 2 heterocycles. The molecule has 9 heteroatoms. The van der Waals surface area contributed by atoms with E-state index in [2.05, 4.69) is 45.6 Å². The van der Waals surface area contributed by atoms with Crippen molar-refractivity contribution in [2.75, 3.05) is 10.6 Å². The molecular formula is C38H34N4O3S2. The van der Waals surface area contributed by atoms with Gasteiger partial charge in [0.1, 0.15) is 5.70 Å². The molecule has 1 atom stereocenters. The van der Waals surface area contributed by atoms with E-state index in [1.807, 2.05) is 72.3 Å². The average Bonchev–Trinajstić information content (AvgIpc) is 3.73. The summed E-state index contributed by atoms with van der Waals surface area (Å²) >= 11 is 2.94. The van der Waals surface area contributed by atoms with Gasteiger partial charge in [0.2, 0.25) is 5.91 Å². The van der Waals surface area contributed by atoms with Gasteiger partial charge in [-0.2, -0.15) is 11.3 Å². The van der Waals surface area contributed by atoms with Gasteiger partial charge in [-0.3, -0.25) is 14.4 Å². The summed E-state index contributed by atoms with van der Waals surface area (Å²) in [5, 5.41) is 14.5. The number of aromatic nitrogens is 1. The Hall–Kier alpha value is -5.12. The standard InChI is InChI=1S/C38H34N4O3S2/c1-3-35(38(45)40-28-17-18-34-31(23-28)30-15-8-9-16-33(30)42(34)4-2)47-29-14-10-13-27(22-29)39-37(44)32(21-25-19-20-46-24-25)41-36(43)26-11-6-5-7-12-26/h5-24,35H,3-4H2,1-2H3,(H,39,44)(H,40,45)(H,41,43)/b32-21-. The Balaban J connectivity index is 1.16. The molecule has 0 aliphatic heterocycles. The number of hydrogen-bond acceptors (Lipinski definition) is 5. The van der Waals surface area contributed by atoms with Crippen LogP contribution in [0, 0.1) is 0 Å². The van der Waals surface area contributed by atoms with E-state index < -0.39 is 5.91 Å². The fourth-order valence-electron chi connectivity index (χ4n) is 5.49. The molecule has 0 saturated carbocycles. The van der Waals surface area contributed by atoms with Crippen LogP contribution in [0.3, 0.4) is 0 Å². The van der Waals surface area contributed by atoms with Crippen molar-refractivity contribution in [3.63, 3.8) is 0 Å². The van der Waals surface area contributed by atoms with Crippen molar-refractivity contribution >= 4 is 80.1 Å². The zero-order chi connectivity index (χ0) is 32.8. The summed E-state index contributed by atoms with van der Waals surface area (Å²) in [6, 6.07) is 32.4. The third kappa shape index (κ3) is 7.32. The number of amides is 3. The number of carbonyl (C=O) groups is 3. The number of fused-ring (bicyclic) bond motifs is 3. The number of para-hydroxylation sites is 1. The maximum absolute atomic E-state index is 13.5. The highest BCUT2D eigenvalue weighted by Crippen LogP contribution is 2.32. The van der Waals surface area contributed by atoms with Crippen molar-refractivity contribution in [2.24, 2.45) is 0 Å². The molecule has 236 valence electrons. The number of nitrogens with one attached hydrogen (secondary N) is 3.